The summed E-state index contributed by atoms with van der Waals surface area (Å²) in [6.07, 6.45) is 1.90. The summed E-state index contributed by atoms with van der Waals surface area (Å²) in [5, 5.41) is 0. The summed E-state index contributed by atoms with van der Waals surface area (Å²) >= 11 is 0. The van der Waals surface area contributed by atoms with E-state index in [1.54, 1.807) is 0 Å². The Kier molecular flexibility index (Phi) is 2.05. The Balaban J connectivity index is 2.46. The lowest BCUT2D eigenvalue weighted by Gasteiger charge is -2.06. The van der Waals surface area contributed by atoms with E-state index in [1.807, 2.05) is 24.5 Å². The lowest BCUT2D eigenvalue weighted by molar-refractivity contribution is 0.533. The van der Waals surface area contributed by atoms with Crippen LogP contribution in [0.3, 0.4) is 0 Å². The van der Waals surface area contributed by atoms with Crippen molar-refractivity contribution in [2.75, 3.05) is 0 Å². The maximum Gasteiger partial charge on any atom is 0.0958 e. The Morgan fingerprint density at radius 3 is 3.15 bits per heavy atom. The van der Waals surface area contributed by atoms with Crippen molar-refractivity contribution in [2.45, 2.75) is 20.4 Å². The molecule has 67 valence electrons. The van der Waals surface area contributed by atoms with Crippen molar-refractivity contribution in [3.63, 3.8) is 0 Å². The minimum absolute atomic E-state index is 0.651. The molecule has 1 radical (unpaired) electrons. The van der Waals surface area contributed by atoms with Gasteiger partial charge in [0.05, 0.1) is 17.4 Å². The van der Waals surface area contributed by atoms with Crippen LogP contribution in [0, 0.1) is 12.0 Å². The molecule has 0 saturated heterocycles. The highest BCUT2D eigenvalue weighted by molar-refractivity contribution is 5.74. The Bertz CT molecular complexity index is 401. The summed E-state index contributed by atoms with van der Waals surface area (Å²) in [5.41, 5.74) is 2.23. The molecule has 0 aliphatic rings. The number of fused-ring (bicyclic) bond motifs is 1. The van der Waals surface area contributed by atoms with E-state index in [0.29, 0.717) is 5.92 Å². The zero-order valence-corrected chi connectivity index (χ0v) is 7.99. The van der Waals surface area contributed by atoms with Gasteiger partial charge in [-0.3, -0.25) is 0 Å². The van der Waals surface area contributed by atoms with E-state index in [-0.39, 0.29) is 0 Å². The van der Waals surface area contributed by atoms with E-state index < -0.39 is 0 Å². The molecule has 1 heterocycles. The zero-order valence-electron chi connectivity index (χ0n) is 7.99. The Hall–Kier alpha value is -1.31. The van der Waals surface area contributed by atoms with Gasteiger partial charge in [-0.25, -0.2) is 4.98 Å². The quantitative estimate of drug-likeness (QED) is 0.682. The van der Waals surface area contributed by atoms with E-state index in [2.05, 4.69) is 29.5 Å². The second-order valence-corrected chi connectivity index (χ2v) is 3.71. The molecule has 0 amide bonds. The summed E-state index contributed by atoms with van der Waals surface area (Å²) in [6, 6.07) is 8.96. The molecule has 0 aliphatic carbocycles. The second-order valence-electron chi connectivity index (χ2n) is 3.71. The van der Waals surface area contributed by atoms with Gasteiger partial charge in [-0.1, -0.05) is 19.9 Å². The fourth-order valence-corrected chi connectivity index (χ4v) is 1.49. The van der Waals surface area contributed by atoms with E-state index in [4.69, 9.17) is 0 Å². The van der Waals surface area contributed by atoms with Crippen molar-refractivity contribution in [1.29, 1.82) is 0 Å². The molecule has 0 spiro atoms. The predicted molar refractivity (Wildman–Crippen MR) is 53.4 cm³/mol. The van der Waals surface area contributed by atoms with Crippen molar-refractivity contribution < 1.29 is 0 Å². The molecule has 0 fully saturated rings. The van der Waals surface area contributed by atoms with Crippen LogP contribution in [0.15, 0.2) is 24.5 Å². The normalized spacial score (nSPS) is 11.3. The molecule has 2 rings (SSSR count). The monoisotopic (exact) mass is 173 g/mol. The topological polar surface area (TPSA) is 17.8 Å². The van der Waals surface area contributed by atoms with Crippen molar-refractivity contribution in [3.05, 3.63) is 30.6 Å². The fourth-order valence-electron chi connectivity index (χ4n) is 1.49. The first-order chi connectivity index (χ1) is 6.27. The molecule has 2 nitrogen and oxygen atoms in total. The van der Waals surface area contributed by atoms with Gasteiger partial charge in [-0.15, -0.1) is 0 Å². The van der Waals surface area contributed by atoms with Crippen molar-refractivity contribution in [2.24, 2.45) is 5.92 Å². The Morgan fingerprint density at radius 1 is 1.54 bits per heavy atom. The van der Waals surface area contributed by atoms with Gasteiger partial charge in [0, 0.05) is 6.54 Å². The lowest BCUT2D eigenvalue weighted by atomic mass is 10.2. The number of imidazole rings is 1. The third-order valence-electron chi connectivity index (χ3n) is 2.03. The minimum Gasteiger partial charge on any atom is -0.330 e. The van der Waals surface area contributed by atoms with Crippen LogP contribution in [-0.2, 0) is 6.54 Å². The first-order valence-electron chi connectivity index (χ1n) is 4.58. The molecule has 13 heavy (non-hydrogen) atoms. The van der Waals surface area contributed by atoms with E-state index >= 15 is 0 Å². The molecule has 1 aromatic heterocycles. The maximum absolute atomic E-state index is 4.31. The highest BCUT2D eigenvalue weighted by Crippen LogP contribution is 2.12. The van der Waals surface area contributed by atoms with Gasteiger partial charge >= 0.3 is 0 Å². The molecule has 0 atom stereocenters. The summed E-state index contributed by atoms with van der Waals surface area (Å²) in [7, 11) is 0. The molecule has 0 bridgehead atoms. The summed E-state index contributed by atoms with van der Waals surface area (Å²) in [4.78, 5) is 4.31. The highest BCUT2D eigenvalue weighted by atomic mass is 15.0. The average molecular weight is 173 g/mol. The number of nitrogens with zero attached hydrogens (tertiary/aromatic N) is 2. The van der Waals surface area contributed by atoms with Gasteiger partial charge in [0.2, 0.25) is 0 Å². The standard InChI is InChI=1S/C11H13N2/c1-9(2)7-13-8-12-10-5-3-4-6-11(10)13/h3,5-6,8-9H,7H2,1-2H3. The number of hydrogen-bond acceptors (Lipinski definition) is 1. The van der Waals surface area contributed by atoms with Gasteiger partial charge in [-0.2, -0.15) is 0 Å². The smallest absolute Gasteiger partial charge is 0.0958 e. The van der Waals surface area contributed by atoms with E-state index in [0.717, 1.165) is 12.1 Å². The molecular formula is C11H13N2. The molecule has 0 aliphatic heterocycles. The van der Waals surface area contributed by atoms with Crippen LogP contribution < -0.4 is 0 Å². The third-order valence-corrected chi connectivity index (χ3v) is 2.03. The summed E-state index contributed by atoms with van der Waals surface area (Å²) in [5.74, 6) is 0.651. The number of aromatic nitrogens is 2. The fraction of sp³-hybridized carbons (Fsp3) is 0.364. The van der Waals surface area contributed by atoms with Gasteiger partial charge < -0.3 is 4.57 Å². The van der Waals surface area contributed by atoms with Crippen molar-refractivity contribution >= 4 is 11.0 Å². The first-order valence-corrected chi connectivity index (χ1v) is 4.58. The van der Waals surface area contributed by atoms with Crippen molar-refractivity contribution in [3.8, 4) is 0 Å². The van der Waals surface area contributed by atoms with E-state index in [9.17, 15) is 0 Å². The van der Waals surface area contributed by atoms with Crippen LogP contribution in [-0.4, -0.2) is 9.55 Å². The molecule has 0 unspecified atom stereocenters. The van der Waals surface area contributed by atoms with Crippen LogP contribution in [0.2, 0.25) is 0 Å². The second kappa shape index (κ2) is 3.21. The van der Waals surface area contributed by atoms with Crippen LogP contribution in [0.25, 0.3) is 11.0 Å². The molecule has 0 N–H and O–H groups in total. The number of hydrogen-bond donors (Lipinski definition) is 0. The molecule has 2 aromatic rings. The molecular weight excluding hydrogens is 160 g/mol. The highest BCUT2D eigenvalue weighted by Gasteiger charge is 2.02. The van der Waals surface area contributed by atoms with Crippen LogP contribution in [0.4, 0.5) is 0 Å². The maximum atomic E-state index is 4.31. The number of benzene rings is 1. The van der Waals surface area contributed by atoms with Crippen LogP contribution >= 0.6 is 0 Å². The molecule has 1 aromatic carbocycles. The third kappa shape index (κ3) is 1.57. The lowest BCUT2D eigenvalue weighted by Crippen LogP contribution is -2.02. The zero-order chi connectivity index (χ0) is 9.26. The molecule has 0 saturated carbocycles. The Morgan fingerprint density at radius 2 is 2.38 bits per heavy atom. The molecule has 2 heteroatoms. The first kappa shape index (κ1) is 8.30. The summed E-state index contributed by atoms with van der Waals surface area (Å²) in [6.45, 7) is 5.44. The summed E-state index contributed by atoms with van der Waals surface area (Å²) < 4.78 is 2.18. The van der Waals surface area contributed by atoms with Gasteiger partial charge in [-0.05, 0) is 24.1 Å². The van der Waals surface area contributed by atoms with E-state index in [1.165, 1.54) is 5.52 Å². The predicted octanol–water partition coefficient (Wildman–Crippen LogP) is 2.49. The largest absolute Gasteiger partial charge is 0.330 e. The Labute approximate surface area is 78.2 Å². The number of rotatable bonds is 2. The van der Waals surface area contributed by atoms with Gasteiger partial charge in [0.1, 0.15) is 0 Å². The van der Waals surface area contributed by atoms with Crippen LogP contribution in [0.5, 0.6) is 0 Å². The van der Waals surface area contributed by atoms with Gasteiger partial charge in [0.25, 0.3) is 0 Å². The van der Waals surface area contributed by atoms with Gasteiger partial charge in [0.15, 0.2) is 0 Å². The minimum atomic E-state index is 0.651. The average Bonchev–Trinajstić information content (AvgIpc) is 2.48. The SMILES string of the molecule is CC(C)Cn1cnc2cc[c]cc21. The van der Waals surface area contributed by atoms with Crippen molar-refractivity contribution in [1.82, 2.24) is 9.55 Å². The van der Waals surface area contributed by atoms with Crippen LogP contribution in [0.1, 0.15) is 13.8 Å².